The zero-order valence-corrected chi connectivity index (χ0v) is 11.4. The Bertz CT molecular complexity index is 846. The van der Waals surface area contributed by atoms with Gasteiger partial charge in [-0.3, -0.25) is 0 Å². The molecular formula is C16H13N3O2. The van der Waals surface area contributed by atoms with Crippen molar-refractivity contribution in [3.05, 3.63) is 54.0 Å². The van der Waals surface area contributed by atoms with Gasteiger partial charge in [-0.05, 0) is 23.8 Å². The second-order valence-electron chi connectivity index (χ2n) is 4.66. The molecule has 2 aromatic heterocycles. The molecule has 0 amide bonds. The van der Waals surface area contributed by atoms with E-state index in [0.29, 0.717) is 23.1 Å². The van der Waals surface area contributed by atoms with Gasteiger partial charge in [0.25, 0.3) is 0 Å². The van der Waals surface area contributed by atoms with Crippen molar-refractivity contribution in [3.8, 4) is 17.6 Å². The smallest absolute Gasteiger partial charge is 0.165 e. The Hall–Kier alpha value is -3.00. The summed E-state index contributed by atoms with van der Waals surface area (Å²) in [6.45, 7) is 0.570. The highest BCUT2D eigenvalue weighted by molar-refractivity contribution is 5.89. The van der Waals surface area contributed by atoms with Crippen molar-refractivity contribution < 1.29 is 9.84 Å². The van der Waals surface area contributed by atoms with E-state index in [1.807, 2.05) is 35.0 Å². The number of hydrogen-bond acceptors (Lipinski definition) is 4. The first-order chi connectivity index (χ1) is 10.2. The van der Waals surface area contributed by atoms with Crippen LogP contribution < -0.4 is 4.74 Å². The van der Waals surface area contributed by atoms with Crippen LogP contribution >= 0.6 is 0 Å². The van der Waals surface area contributed by atoms with E-state index in [0.717, 1.165) is 11.3 Å². The Kier molecular flexibility index (Phi) is 3.20. The topological polar surface area (TPSA) is 71.1 Å². The number of aromatic hydroxyl groups is 1. The van der Waals surface area contributed by atoms with E-state index in [1.165, 1.54) is 6.20 Å². The summed E-state index contributed by atoms with van der Waals surface area (Å²) < 4.78 is 7.11. The molecule has 0 unspecified atom stereocenters. The molecule has 1 N–H and O–H groups in total. The lowest BCUT2D eigenvalue weighted by atomic mass is 10.2. The van der Waals surface area contributed by atoms with Crippen molar-refractivity contribution in [1.29, 1.82) is 5.26 Å². The lowest BCUT2D eigenvalue weighted by Crippen LogP contribution is -2.00. The lowest BCUT2D eigenvalue weighted by Gasteiger charge is -2.08. The highest BCUT2D eigenvalue weighted by Crippen LogP contribution is 2.27. The molecule has 2 heterocycles. The van der Waals surface area contributed by atoms with Crippen molar-refractivity contribution in [2.75, 3.05) is 7.11 Å². The largest absolute Gasteiger partial charge is 0.506 e. The van der Waals surface area contributed by atoms with Gasteiger partial charge in [-0.15, -0.1) is 0 Å². The van der Waals surface area contributed by atoms with E-state index in [4.69, 9.17) is 4.74 Å². The van der Waals surface area contributed by atoms with Gasteiger partial charge in [0.2, 0.25) is 0 Å². The molecule has 5 heteroatoms. The van der Waals surface area contributed by atoms with Gasteiger partial charge in [-0.25, -0.2) is 4.98 Å². The van der Waals surface area contributed by atoms with Crippen molar-refractivity contribution in [3.63, 3.8) is 0 Å². The fourth-order valence-corrected chi connectivity index (χ4v) is 2.38. The number of nitrogens with zero attached hydrogens (tertiary/aromatic N) is 3. The maximum Gasteiger partial charge on any atom is 0.165 e. The number of ether oxygens (including phenoxy) is 1. The van der Waals surface area contributed by atoms with Gasteiger partial charge in [-0.2, -0.15) is 5.26 Å². The molecule has 0 atom stereocenters. The maximum atomic E-state index is 9.85. The highest BCUT2D eigenvalue weighted by atomic mass is 16.5. The second kappa shape index (κ2) is 5.17. The number of pyridine rings is 1. The molecule has 0 spiro atoms. The molecular weight excluding hydrogens is 266 g/mol. The summed E-state index contributed by atoms with van der Waals surface area (Å²) in [5.74, 6) is 0.860. The van der Waals surface area contributed by atoms with Crippen molar-refractivity contribution in [2.45, 2.75) is 6.54 Å². The summed E-state index contributed by atoms with van der Waals surface area (Å²) in [6, 6.07) is 11.6. The predicted octanol–water partition coefficient (Wildman–Crippen LogP) is 2.67. The number of benzene rings is 1. The van der Waals surface area contributed by atoms with Crippen LogP contribution in [-0.2, 0) is 6.54 Å². The average Bonchev–Trinajstić information content (AvgIpc) is 2.93. The zero-order valence-electron chi connectivity index (χ0n) is 11.4. The molecule has 0 bridgehead atoms. The van der Waals surface area contributed by atoms with Gasteiger partial charge in [0.05, 0.1) is 18.8 Å². The van der Waals surface area contributed by atoms with E-state index in [2.05, 4.69) is 11.1 Å². The standard InChI is InChI=1S/C16H13N3O2/c1-21-12-4-2-3-11(7-12)10-19-6-5-13-15(20)9-18-14(8-17)16(13)19/h2-7,9,20H,10H2,1H3. The summed E-state index contributed by atoms with van der Waals surface area (Å²) in [6.07, 6.45) is 3.14. The maximum absolute atomic E-state index is 9.85. The molecule has 104 valence electrons. The molecule has 1 aromatic carbocycles. The molecule has 0 saturated heterocycles. The zero-order chi connectivity index (χ0) is 14.8. The van der Waals surface area contributed by atoms with Gasteiger partial charge < -0.3 is 14.4 Å². The van der Waals surface area contributed by atoms with Crippen LogP contribution in [0.1, 0.15) is 11.3 Å². The Morgan fingerprint density at radius 1 is 1.38 bits per heavy atom. The van der Waals surface area contributed by atoms with Crippen LogP contribution in [0.2, 0.25) is 0 Å². The lowest BCUT2D eigenvalue weighted by molar-refractivity contribution is 0.414. The summed E-state index contributed by atoms with van der Waals surface area (Å²) in [5.41, 5.74) is 1.98. The third-order valence-electron chi connectivity index (χ3n) is 3.37. The number of rotatable bonds is 3. The van der Waals surface area contributed by atoms with Crippen LogP contribution in [0, 0.1) is 11.3 Å². The van der Waals surface area contributed by atoms with Gasteiger partial charge in [-0.1, -0.05) is 12.1 Å². The third-order valence-corrected chi connectivity index (χ3v) is 3.37. The molecule has 3 aromatic rings. The van der Waals surface area contributed by atoms with Crippen LogP contribution in [0.3, 0.4) is 0 Å². The predicted molar refractivity (Wildman–Crippen MR) is 78.2 cm³/mol. The number of hydrogen-bond donors (Lipinski definition) is 1. The van der Waals surface area contributed by atoms with Gasteiger partial charge in [0, 0.05) is 18.1 Å². The molecule has 0 fully saturated rings. The Morgan fingerprint density at radius 2 is 2.24 bits per heavy atom. The minimum absolute atomic E-state index is 0.0772. The van der Waals surface area contributed by atoms with E-state index >= 15 is 0 Å². The molecule has 0 aliphatic heterocycles. The van der Waals surface area contributed by atoms with Crippen molar-refractivity contribution >= 4 is 10.9 Å². The van der Waals surface area contributed by atoms with Crippen LogP contribution in [0.15, 0.2) is 42.7 Å². The number of nitriles is 1. The van der Waals surface area contributed by atoms with Gasteiger partial charge >= 0.3 is 0 Å². The van der Waals surface area contributed by atoms with Crippen LogP contribution in [-0.4, -0.2) is 21.8 Å². The van der Waals surface area contributed by atoms with Crippen molar-refractivity contribution in [1.82, 2.24) is 9.55 Å². The summed E-state index contributed by atoms with van der Waals surface area (Å²) in [5, 5.41) is 19.7. The normalized spacial score (nSPS) is 10.5. The molecule has 0 aliphatic carbocycles. The van der Waals surface area contributed by atoms with Crippen molar-refractivity contribution in [2.24, 2.45) is 0 Å². The number of aromatic nitrogens is 2. The molecule has 21 heavy (non-hydrogen) atoms. The summed E-state index contributed by atoms with van der Waals surface area (Å²) in [4.78, 5) is 3.98. The number of fused-ring (bicyclic) bond motifs is 1. The average molecular weight is 279 g/mol. The molecule has 0 aliphatic rings. The van der Waals surface area contributed by atoms with Gasteiger partial charge in [0.15, 0.2) is 5.69 Å². The monoisotopic (exact) mass is 279 g/mol. The first-order valence-electron chi connectivity index (χ1n) is 6.43. The minimum atomic E-state index is 0.0772. The van der Waals surface area contributed by atoms with Crippen LogP contribution in [0.4, 0.5) is 0 Å². The third kappa shape index (κ3) is 2.28. The SMILES string of the molecule is COc1cccc(Cn2ccc3c(O)cnc(C#N)c32)c1. The van der Waals surface area contributed by atoms with Gasteiger partial charge in [0.1, 0.15) is 17.6 Å². The fraction of sp³-hybridized carbons (Fsp3) is 0.125. The first-order valence-corrected chi connectivity index (χ1v) is 6.43. The van der Waals surface area contributed by atoms with Crippen LogP contribution in [0.5, 0.6) is 11.5 Å². The van der Waals surface area contributed by atoms with E-state index in [-0.39, 0.29) is 5.75 Å². The van der Waals surface area contributed by atoms with E-state index < -0.39 is 0 Å². The molecule has 5 nitrogen and oxygen atoms in total. The highest BCUT2D eigenvalue weighted by Gasteiger charge is 2.12. The Balaban J connectivity index is 2.09. The van der Waals surface area contributed by atoms with Crippen LogP contribution in [0.25, 0.3) is 10.9 Å². The molecule has 0 saturated carbocycles. The Labute approximate surface area is 121 Å². The molecule has 3 rings (SSSR count). The van der Waals surface area contributed by atoms with E-state index in [9.17, 15) is 10.4 Å². The fourth-order valence-electron chi connectivity index (χ4n) is 2.38. The first kappa shape index (κ1) is 13.0. The quantitative estimate of drug-likeness (QED) is 0.800. The number of methoxy groups -OCH3 is 1. The minimum Gasteiger partial charge on any atom is -0.506 e. The summed E-state index contributed by atoms with van der Waals surface area (Å²) >= 11 is 0. The second-order valence-corrected chi connectivity index (χ2v) is 4.66. The Morgan fingerprint density at radius 3 is 3.00 bits per heavy atom. The van der Waals surface area contributed by atoms with E-state index in [1.54, 1.807) is 13.2 Å². The molecule has 0 radical (unpaired) electrons. The summed E-state index contributed by atoms with van der Waals surface area (Å²) in [7, 11) is 1.62.